The van der Waals surface area contributed by atoms with Gasteiger partial charge in [0.2, 0.25) is 0 Å². The van der Waals surface area contributed by atoms with Crippen molar-refractivity contribution in [3.63, 3.8) is 0 Å². The molecular weight excluding hydrogens is 478 g/mol. The van der Waals surface area contributed by atoms with Gasteiger partial charge in [0.05, 0.1) is 18.3 Å². The minimum Gasteiger partial charge on any atom is -0.496 e. The molecule has 4 aromatic rings. The molecule has 0 atom stereocenters. The van der Waals surface area contributed by atoms with Crippen LogP contribution in [0, 0.1) is 11.8 Å². The predicted octanol–water partition coefficient (Wildman–Crippen LogP) is 4.19. The summed E-state index contributed by atoms with van der Waals surface area (Å²) in [5.74, 6) is 5.08. The summed E-state index contributed by atoms with van der Waals surface area (Å²) in [6.45, 7) is 0. The summed E-state index contributed by atoms with van der Waals surface area (Å²) in [4.78, 5) is 19.0. The van der Waals surface area contributed by atoms with Crippen LogP contribution in [0.5, 0.6) is 5.75 Å². The number of hydrogen-bond donors (Lipinski definition) is 2. The Labute approximate surface area is 200 Å². The van der Waals surface area contributed by atoms with Gasteiger partial charge in [-0.25, -0.2) is 18.2 Å². The summed E-state index contributed by atoms with van der Waals surface area (Å²) in [7, 11) is -2.58. The number of benzene rings is 2. The topological polar surface area (TPSA) is 118 Å². The van der Waals surface area contributed by atoms with E-state index in [4.69, 9.17) is 21.4 Å². The number of aromatic nitrogens is 2. The lowest BCUT2D eigenvalue weighted by Crippen LogP contribution is -2.15. The van der Waals surface area contributed by atoms with Crippen LogP contribution in [0.15, 0.2) is 71.9 Å². The van der Waals surface area contributed by atoms with Gasteiger partial charge in [-0.1, -0.05) is 23.4 Å². The smallest absolute Gasteiger partial charge is 0.354 e. The van der Waals surface area contributed by atoms with Crippen molar-refractivity contribution in [2.45, 2.75) is 4.90 Å². The average Bonchev–Trinajstić information content (AvgIpc) is 2.82. The van der Waals surface area contributed by atoms with Gasteiger partial charge in [-0.15, -0.1) is 0 Å². The molecule has 8 nitrogen and oxygen atoms in total. The zero-order chi connectivity index (χ0) is 24.3. The third-order valence-electron chi connectivity index (χ3n) is 4.75. The fourth-order valence-electron chi connectivity index (χ4n) is 3.16. The molecule has 0 amide bonds. The number of halogens is 1. The Morgan fingerprint density at radius 1 is 1.09 bits per heavy atom. The number of ether oxygens (including phenoxy) is 1. The van der Waals surface area contributed by atoms with Gasteiger partial charge in [0.1, 0.15) is 16.3 Å². The van der Waals surface area contributed by atoms with Gasteiger partial charge in [0.25, 0.3) is 10.0 Å². The van der Waals surface area contributed by atoms with Crippen LogP contribution < -0.4 is 9.46 Å². The maximum atomic E-state index is 13.3. The van der Waals surface area contributed by atoms with Gasteiger partial charge in [-0.3, -0.25) is 9.71 Å². The van der Waals surface area contributed by atoms with Crippen LogP contribution in [0.2, 0.25) is 5.02 Å². The highest BCUT2D eigenvalue weighted by atomic mass is 35.5. The standard InChI is InChI=1S/C24H16ClN3O5S/c1-33-21-10-11-22(23-18(21)3-2-12-26-23)34(31,32)28-20-13-17(25)8-7-16(20)6-4-15-5-9-19(24(29)30)27-14-15/h2-3,5,7-14,28H,1H3,(H,29,30). The van der Waals surface area contributed by atoms with Crippen LogP contribution in [0.25, 0.3) is 10.9 Å². The molecule has 170 valence electrons. The second-order valence-corrected chi connectivity index (χ2v) is 9.04. The van der Waals surface area contributed by atoms with E-state index in [1.165, 1.54) is 43.8 Å². The molecule has 4 rings (SSSR count). The number of hydrogen-bond acceptors (Lipinski definition) is 6. The van der Waals surface area contributed by atoms with Gasteiger partial charge in [0.15, 0.2) is 0 Å². The van der Waals surface area contributed by atoms with E-state index >= 15 is 0 Å². The molecule has 2 aromatic heterocycles. The first-order valence-corrected chi connectivity index (χ1v) is 11.6. The lowest BCUT2D eigenvalue weighted by atomic mass is 10.1. The predicted molar refractivity (Wildman–Crippen MR) is 128 cm³/mol. The number of anilines is 1. The highest BCUT2D eigenvalue weighted by Gasteiger charge is 2.21. The second kappa shape index (κ2) is 9.39. The second-order valence-electron chi connectivity index (χ2n) is 6.95. The van der Waals surface area contributed by atoms with Gasteiger partial charge >= 0.3 is 5.97 Å². The lowest BCUT2D eigenvalue weighted by Gasteiger charge is -2.13. The first-order valence-electron chi connectivity index (χ1n) is 9.74. The van der Waals surface area contributed by atoms with Crippen LogP contribution >= 0.6 is 11.6 Å². The van der Waals surface area contributed by atoms with E-state index in [2.05, 4.69) is 26.5 Å². The zero-order valence-corrected chi connectivity index (χ0v) is 19.2. The van der Waals surface area contributed by atoms with Crippen LogP contribution in [-0.4, -0.2) is 36.6 Å². The number of methoxy groups -OCH3 is 1. The maximum absolute atomic E-state index is 13.3. The number of carboxylic acid groups (broad SMARTS) is 1. The third-order valence-corrected chi connectivity index (χ3v) is 6.38. The number of sulfonamides is 1. The van der Waals surface area contributed by atoms with Crippen molar-refractivity contribution in [1.29, 1.82) is 0 Å². The Morgan fingerprint density at radius 2 is 1.91 bits per heavy atom. The highest BCUT2D eigenvalue weighted by Crippen LogP contribution is 2.31. The quantitative estimate of drug-likeness (QED) is 0.400. The summed E-state index contributed by atoms with van der Waals surface area (Å²) in [5.41, 5.74) is 1.15. The molecule has 0 saturated heterocycles. The van der Waals surface area contributed by atoms with E-state index < -0.39 is 16.0 Å². The number of fused-ring (bicyclic) bond motifs is 1. The Balaban J connectivity index is 1.72. The largest absolute Gasteiger partial charge is 0.496 e. The van der Waals surface area contributed by atoms with Crippen molar-refractivity contribution in [2.75, 3.05) is 11.8 Å². The summed E-state index contributed by atoms with van der Waals surface area (Å²) < 4.78 is 34.5. The van der Waals surface area contributed by atoms with Crippen LogP contribution in [0.1, 0.15) is 21.6 Å². The van der Waals surface area contributed by atoms with E-state index in [0.717, 1.165) is 0 Å². The molecule has 0 radical (unpaired) electrons. The summed E-state index contributed by atoms with van der Waals surface area (Å²) in [6.07, 6.45) is 2.83. The van der Waals surface area contributed by atoms with Crippen LogP contribution in [0.4, 0.5) is 5.69 Å². The number of aromatic carboxylic acids is 1. The van der Waals surface area contributed by atoms with Gasteiger partial charge in [-0.2, -0.15) is 0 Å². The summed E-state index contributed by atoms with van der Waals surface area (Å²) >= 11 is 6.11. The monoisotopic (exact) mass is 493 g/mol. The molecule has 10 heteroatoms. The molecule has 0 spiro atoms. The molecule has 0 unspecified atom stereocenters. The van der Waals surface area contributed by atoms with Crippen molar-refractivity contribution < 1.29 is 23.1 Å². The molecule has 0 aliphatic heterocycles. The molecule has 2 N–H and O–H groups in total. The fraction of sp³-hybridized carbons (Fsp3) is 0.0417. The molecule has 2 heterocycles. The minimum absolute atomic E-state index is 0.0313. The number of rotatable bonds is 5. The number of carbonyl (C=O) groups is 1. The number of nitrogens with one attached hydrogen (secondary N) is 1. The van der Waals surface area contributed by atoms with E-state index in [0.29, 0.717) is 27.3 Å². The average molecular weight is 494 g/mol. The van der Waals surface area contributed by atoms with E-state index in [9.17, 15) is 13.2 Å². The normalized spacial score (nSPS) is 10.9. The van der Waals surface area contributed by atoms with Crippen molar-refractivity contribution in [1.82, 2.24) is 9.97 Å². The Kier molecular flexibility index (Phi) is 6.36. The maximum Gasteiger partial charge on any atom is 0.354 e. The molecular formula is C24H16ClN3O5S. The van der Waals surface area contributed by atoms with E-state index in [1.54, 1.807) is 30.3 Å². The summed E-state index contributed by atoms with van der Waals surface area (Å²) in [5, 5.41) is 9.82. The first kappa shape index (κ1) is 23.0. The Hall–Kier alpha value is -4.13. The van der Waals surface area contributed by atoms with Crippen molar-refractivity contribution in [2.24, 2.45) is 0 Å². The van der Waals surface area contributed by atoms with Crippen LogP contribution in [-0.2, 0) is 10.0 Å². The molecule has 0 aliphatic carbocycles. The molecule has 0 fully saturated rings. The number of pyridine rings is 2. The lowest BCUT2D eigenvalue weighted by molar-refractivity contribution is 0.0690. The number of nitrogens with zero attached hydrogens (tertiary/aromatic N) is 2. The van der Waals surface area contributed by atoms with Gasteiger partial charge < -0.3 is 9.84 Å². The number of carboxylic acids is 1. The Bertz CT molecular complexity index is 1580. The summed E-state index contributed by atoms with van der Waals surface area (Å²) in [6, 6.07) is 13.9. The van der Waals surface area contributed by atoms with Gasteiger partial charge in [0, 0.05) is 33.9 Å². The Morgan fingerprint density at radius 3 is 2.62 bits per heavy atom. The molecule has 0 aliphatic rings. The van der Waals surface area contributed by atoms with E-state index in [-0.39, 0.29) is 21.8 Å². The molecule has 0 saturated carbocycles. The van der Waals surface area contributed by atoms with E-state index in [1.807, 2.05) is 0 Å². The molecule has 0 bridgehead atoms. The SMILES string of the molecule is COc1ccc(S(=O)(=O)Nc2cc(Cl)ccc2C#Cc2ccc(C(=O)O)nc2)c2ncccc12. The zero-order valence-electron chi connectivity index (χ0n) is 17.6. The van der Waals surface area contributed by atoms with Crippen LogP contribution in [0.3, 0.4) is 0 Å². The minimum atomic E-state index is -4.07. The molecule has 2 aromatic carbocycles. The molecule has 34 heavy (non-hydrogen) atoms. The fourth-order valence-corrected chi connectivity index (χ4v) is 4.56. The highest BCUT2D eigenvalue weighted by molar-refractivity contribution is 7.93. The third kappa shape index (κ3) is 4.78. The van der Waals surface area contributed by atoms with Crippen molar-refractivity contribution >= 4 is 44.2 Å². The van der Waals surface area contributed by atoms with Crippen molar-refractivity contribution in [3.05, 3.63) is 88.8 Å². The first-order chi connectivity index (χ1) is 16.3. The van der Waals surface area contributed by atoms with Gasteiger partial charge in [-0.05, 0) is 54.6 Å². The van der Waals surface area contributed by atoms with Crippen molar-refractivity contribution in [3.8, 4) is 17.6 Å².